The second kappa shape index (κ2) is 10.1. The van der Waals surface area contributed by atoms with E-state index in [9.17, 15) is 18.0 Å². The number of methoxy groups -OCH3 is 2. The van der Waals surface area contributed by atoms with Gasteiger partial charge < -0.3 is 9.47 Å². The summed E-state index contributed by atoms with van der Waals surface area (Å²) in [4.78, 5) is 33.6. The Hall–Kier alpha value is -3.22. The molecule has 0 saturated heterocycles. The van der Waals surface area contributed by atoms with Crippen molar-refractivity contribution in [3.05, 3.63) is 58.1 Å². The normalized spacial score (nSPS) is 11.0. The molecular weight excluding hydrogens is 492 g/mol. The smallest absolute Gasteiger partial charge is 0.257 e. The van der Waals surface area contributed by atoms with Gasteiger partial charge in [0, 0.05) is 22.0 Å². The fourth-order valence-electron chi connectivity index (χ4n) is 2.80. The topological polar surface area (TPSA) is 128 Å². The highest BCUT2D eigenvalue weighted by Crippen LogP contribution is 2.31. The lowest BCUT2D eigenvalue weighted by Crippen LogP contribution is -2.37. The van der Waals surface area contributed by atoms with Gasteiger partial charge in [0.1, 0.15) is 5.69 Å². The van der Waals surface area contributed by atoms with E-state index in [0.717, 1.165) is 17.6 Å². The van der Waals surface area contributed by atoms with Gasteiger partial charge in [0.2, 0.25) is 27.7 Å². The number of hydrogen-bond acceptors (Lipinski definition) is 9. The SMILES string of the molecule is COc1ccc(N(C(=O)Cc2csc(NC(=O)c3cccc(Cl)c3)n2)S(C)(=O)=O)c(OC)n1. The standard InChI is InChI=1S/C20H19ClN4O6S2/c1-30-16-8-7-15(19(23-16)31-2)25(33(3,28)29)17(26)10-14-11-32-20(22-14)24-18(27)12-5-4-6-13(21)9-12/h4-9,11H,10H2,1-3H3,(H,22,24,27). The second-order valence-electron chi connectivity index (χ2n) is 6.59. The first-order valence-electron chi connectivity index (χ1n) is 9.26. The Labute approximate surface area is 199 Å². The Morgan fingerprint density at radius 1 is 1.15 bits per heavy atom. The summed E-state index contributed by atoms with van der Waals surface area (Å²) in [6.07, 6.45) is 0.554. The van der Waals surface area contributed by atoms with Crippen LogP contribution in [0.4, 0.5) is 10.8 Å². The van der Waals surface area contributed by atoms with Crippen LogP contribution >= 0.6 is 22.9 Å². The van der Waals surface area contributed by atoms with Crippen molar-refractivity contribution in [1.82, 2.24) is 9.97 Å². The number of nitrogens with one attached hydrogen (secondary N) is 1. The number of amides is 2. The number of benzene rings is 1. The van der Waals surface area contributed by atoms with Gasteiger partial charge in [-0.05, 0) is 24.3 Å². The number of anilines is 2. The second-order valence-corrected chi connectivity index (χ2v) is 9.71. The molecule has 0 aliphatic rings. The third-order valence-corrected chi connectivity index (χ3v) is 6.29. The summed E-state index contributed by atoms with van der Waals surface area (Å²) >= 11 is 7.00. The minimum absolute atomic E-state index is 0.0597. The molecular formula is C20H19ClN4O6S2. The molecule has 0 aliphatic heterocycles. The quantitative estimate of drug-likeness (QED) is 0.490. The number of rotatable bonds is 8. The van der Waals surface area contributed by atoms with E-state index in [1.165, 1.54) is 32.4 Å². The molecule has 0 aliphatic carbocycles. The number of ether oxygens (including phenoxy) is 2. The van der Waals surface area contributed by atoms with Crippen molar-refractivity contribution in [2.24, 2.45) is 0 Å². The monoisotopic (exact) mass is 510 g/mol. The number of nitrogens with zero attached hydrogens (tertiary/aromatic N) is 3. The highest BCUT2D eigenvalue weighted by atomic mass is 35.5. The summed E-state index contributed by atoms with van der Waals surface area (Å²) in [5.41, 5.74) is 0.564. The van der Waals surface area contributed by atoms with Crippen LogP contribution < -0.4 is 19.1 Å². The van der Waals surface area contributed by atoms with Crippen LogP contribution in [0.25, 0.3) is 0 Å². The van der Waals surface area contributed by atoms with E-state index in [0.29, 0.717) is 14.9 Å². The molecule has 2 amide bonds. The average Bonchev–Trinajstić information content (AvgIpc) is 3.19. The number of aromatic nitrogens is 2. The van der Waals surface area contributed by atoms with E-state index < -0.39 is 21.8 Å². The Balaban J connectivity index is 1.80. The lowest BCUT2D eigenvalue weighted by Gasteiger charge is -2.21. The number of halogens is 1. The first-order chi connectivity index (χ1) is 15.6. The van der Waals surface area contributed by atoms with Crippen molar-refractivity contribution in [2.75, 3.05) is 30.1 Å². The van der Waals surface area contributed by atoms with Crippen LogP contribution in [0.15, 0.2) is 41.8 Å². The number of sulfonamides is 1. The van der Waals surface area contributed by atoms with Crippen molar-refractivity contribution >= 4 is 55.6 Å². The molecule has 1 N–H and O–H groups in total. The largest absolute Gasteiger partial charge is 0.481 e. The molecule has 2 aromatic heterocycles. The molecule has 2 heterocycles. The molecule has 0 fully saturated rings. The van der Waals surface area contributed by atoms with Gasteiger partial charge in [-0.25, -0.2) is 17.7 Å². The van der Waals surface area contributed by atoms with Crippen LogP contribution in [0.3, 0.4) is 0 Å². The Bertz CT molecular complexity index is 1300. The lowest BCUT2D eigenvalue weighted by atomic mass is 10.2. The molecule has 13 heteroatoms. The molecule has 0 radical (unpaired) electrons. The maximum Gasteiger partial charge on any atom is 0.257 e. The van der Waals surface area contributed by atoms with E-state index in [4.69, 9.17) is 21.1 Å². The fraction of sp³-hybridized carbons (Fsp3) is 0.200. The molecule has 0 spiro atoms. The van der Waals surface area contributed by atoms with Crippen LogP contribution in [0.1, 0.15) is 16.1 Å². The summed E-state index contributed by atoms with van der Waals surface area (Å²) in [6, 6.07) is 9.17. The van der Waals surface area contributed by atoms with E-state index >= 15 is 0 Å². The highest BCUT2D eigenvalue weighted by molar-refractivity contribution is 7.92. The highest BCUT2D eigenvalue weighted by Gasteiger charge is 2.30. The summed E-state index contributed by atoms with van der Waals surface area (Å²) < 4.78 is 35.6. The molecule has 3 rings (SSSR count). The summed E-state index contributed by atoms with van der Waals surface area (Å²) in [5, 5.41) is 4.84. The van der Waals surface area contributed by atoms with Crippen molar-refractivity contribution in [3.8, 4) is 11.8 Å². The van der Waals surface area contributed by atoms with Gasteiger partial charge in [0.05, 0.1) is 32.6 Å². The molecule has 0 atom stereocenters. The minimum Gasteiger partial charge on any atom is -0.481 e. The zero-order chi connectivity index (χ0) is 24.2. The van der Waals surface area contributed by atoms with Gasteiger partial charge >= 0.3 is 0 Å². The molecule has 0 saturated carbocycles. The van der Waals surface area contributed by atoms with E-state index in [-0.39, 0.29) is 34.7 Å². The van der Waals surface area contributed by atoms with Gasteiger partial charge in [-0.2, -0.15) is 4.98 Å². The van der Waals surface area contributed by atoms with E-state index in [1.54, 1.807) is 23.6 Å². The van der Waals surface area contributed by atoms with Crippen LogP contribution in [0.2, 0.25) is 5.02 Å². The van der Waals surface area contributed by atoms with Crippen molar-refractivity contribution < 1.29 is 27.5 Å². The van der Waals surface area contributed by atoms with Crippen molar-refractivity contribution in [3.63, 3.8) is 0 Å². The fourth-order valence-corrected chi connectivity index (χ4v) is 4.63. The minimum atomic E-state index is -4.03. The predicted octanol–water partition coefficient (Wildman–Crippen LogP) is 3.00. The van der Waals surface area contributed by atoms with Gasteiger partial charge in [-0.1, -0.05) is 17.7 Å². The first kappa shape index (κ1) is 24.4. The van der Waals surface area contributed by atoms with E-state index in [1.807, 2.05) is 0 Å². The zero-order valence-electron chi connectivity index (χ0n) is 17.7. The van der Waals surface area contributed by atoms with Crippen LogP contribution in [-0.2, 0) is 21.2 Å². The molecule has 1 aromatic carbocycles. The van der Waals surface area contributed by atoms with Gasteiger partial charge in [0.25, 0.3) is 5.91 Å². The summed E-state index contributed by atoms with van der Waals surface area (Å²) in [6.45, 7) is 0. The molecule has 174 valence electrons. The number of thiazole rings is 1. The first-order valence-corrected chi connectivity index (χ1v) is 12.4. The summed E-state index contributed by atoms with van der Waals surface area (Å²) in [5.74, 6) is -1.10. The van der Waals surface area contributed by atoms with Crippen molar-refractivity contribution in [1.29, 1.82) is 0 Å². The van der Waals surface area contributed by atoms with Crippen LogP contribution in [-0.4, -0.2) is 50.7 Å². The number of hydrogen-bond donors (Lipinski definition) is 1. The van der Waals surface area contributed by atoms with Gasteiger partial charge in [-0.15, -0.1) is 11.3 Å². The number of carbonyl (C=O) groups is 2. The third-order valence-electron chi connectivity index (χ3n) is 4.19. The number of carbonyl (C=O) groups excluding carboxylic acids is 2. The Kier molecular flexibility index (Phi) is 7.51. The molecule has 3 aromatic rings. The zero-order valence-corrected chi connectivity index (χ0v) is 20.1. The summed E-state index contributed by atoms with van der Waals surface area (Å²) in [7, 11) is -1.33. The third kappa shape index (κ3) is 5.97. The van der Waals surface area contributed by atoms with Crippen molar-refractivity contribution in [2.45, 2.75) is 6.42 Å². The Morgan fingerprint density at radius 3 is 2.55 bits per heavy atom. The average molecular weight is 511 g/mol. The molecule has 33 heavy (non-hydrogen) atoms. The van der Waals surface area contributed by atoms with Crippen LogP contribution in [0, 0.1) is 0 Å². The number of pyridine rings is 1. The molecule has 10 nitrogen and oxygen atoms in total. The van der Waals surface area contributed by atoms with Gasteiger partial charge in [0.15, 0.2) is 5.13 Å². The van der Waals surface area contributed by atoms with Crippen LogP contribution in [0.5, 0.6) is 11.8 Å². The Morgan fingerprint density at radius 2 is 1.91 bits per heavy atom. The van der Waals surface area contributed by atoms with Gasteiger partial charge in [-0.3, -0.25) is 14.9 Å². The molecule has 0 unspecified atom stereocenters. The maximum absolute atomic E-state index is 13.0. The predicted molar refractivity (Wildman–Crippen MR) is 125 cm³/mol. The maximum atomic E-state index is 13.0. The lowest BCUT2D eigenvalue weighted by molar-refractivity contribution is -0.116. The van der Waals surface area contributed by atoms with E-state index in [2.05, 4.69) is 15.3 Å². The molecule has 0 bridgehead atoms.